The fourth-order valence-corrected chi connectivity index (χ4v) is 2.97. The van der Waals surface area contributed by atoms with E-state index in [-0.39, 0.29) is 0 Å². The number of halogens is 1. The number of rotatable bonds is 2. The molecule has 7 heteroatoms. The van der Waals surface area contributed by atoms with Crippen molar-refractivity contribution < 1.29 is 4.42 Å². The number of oxazole rings is 1. The zero-order valence-corrected chi connectivity index (χ0v) is 12.1. The largest absolute Gasteiger partial charge is 0.435 e. The van der Waals surface area contributed by atoms with Crippen LogP contribution >= 0.6 is 22.9 Å². The van der Waals surface area contributed by atoms with E-state index >= 15 is 0 Å². The van der Waals surface area contributed by atoms with Gasteiger partial charge in [-0.2, -0.15) is 5.10 Å². The number of imidazole rings is 1. The van der Waals surface area contributed by atoms with E-state index < -0.39 is 0 Å². The van der Waals surface area contributed by atoms with E-state index in [0.29, 0.717) is 22.2 Å². The highest BCUT2D eigenvalue weighted by Crippen LogP contribution is 2.27. The fraction of sp³-hybridized carbons (Fsp3) is 0.154. The van der Waals surface area contributed by atoms with Crippen molar-refractivity contribution in [1.82, 2.24) is 19.6 Å². The zero-order valence-electron chi connectivity index (χ0n) is 10.5. The normalized spacial score (nSPS) is 11.7. The molecule has 0 amide bonds. The highest BCUT2D eigenvalue weighted by atomic mass is 35.5. The first-order valence-electron chi connectivity index (χ1n) is 6.14. The summed E-state index contributed by atoms with van der Waals surface area (Å²) in [4.78, 5) is 9.76. The summed E-state index contributed by atoms with van der Waals surface area (Å²) in [5, 5.41) is 6.11. The van der Waals surface area contributed by atoms with E-state index in [1.54, 1.807) is 28.0 Å². The van der Waals surface area contributed by atoms with E-state index in [1.807, 2.05) is 12.3 Å². The summed E-state index contributed by atoms with van der Waals surface area (Å²) in [6.07, 6.45) is 2.74. The molecule has 0 aliphatic carbocycles. The molecule has 5 nitrogen and oxygen atoms in total. The smallest absolute Gasteiger partial charge is 0.247 e. The van der Waals surface area contributed by atoms with Crippen LogP contribution in [-0.2, 0) is 6.42 Å². The number of benzene rings is 1. The Hall–Kier alpha value is -1.92. The van der Waals surface area contributed by atoms with E-state index in [4.69, 9.17) is 16.0 Å². The lowest BCUT2D eigenvalue weighted by Gasteiger charge is -1.86. The Morgan fingerprint density at radius 3 is 3.05 bits per heavy atom. The van der Waals surface area contributed by atoms with Crippen molar-refractivity contribution in [3.8, 4) is 11.6 Å². The summed E-state index contributed by atoms with van der Waals surface area (Å²) in [6.45, 7) is 2.07. The average molecular weight is 305 g/mol. The van der Waals surface area contributed by atoms with Gasteiger partial charge in [0.2, 0.25) is 10.9 Å². The standard InChI is InChI=1S/C13H9ClN4OS/c1-2-11-17-18-6-9(16-13(18)20-11)12-15-8-4-3-7(14)5-10(8)19-12/h3-6H,2H2,1H3. The van der Waals surface area contributed by atoms with Crippen LogP contribution in [0.15, 0.2) is 28.8 Å². The minimum absolute atomic E-state index is 0.484. The van der Waals surface area contributed by atoms with Crippen LogP contribution in [0.1, 0.15) is 11.9 Å². The van der Waals surface area contributed by atoms with E-state index in [0.717, 1.165) is 21.9 Å². The van der Waals surface area contributed by atoms with Gasteiger partial charge in [0, 0.05) is 11.1 Å². The molecule has 0 saturated carbocycles. The van der Waals surface area contributed by atoms with Crippen LogP contribution in [0.5, 0.6) is 0 Å². The maximum atomic E-state index is 5.94. The van der Waals surface area contributed by atoms with Gasteiger partial charge in [0.1, 0.15) is 16.2 Å². The molecule has 0 aliphatic heterocycles. The third kappa shape index (κ3) is 1.80. The van der Waals surface area contributed by atoms with E-state index in [2.05, 4.69) is 22.0 Å². The van der Waals surface area contributed by atoms with Crippen LogP contribution in [0.25, 0.3) is 27.6 Å². The van der Waals surface area contributed by atoms with Crippen molar-refractivity contribution in [3.63, 3.8) is 0 Å². The molecule has 3 heterocycles. The van der Waals surface area contributed by atoms with Crippen molar-refractivity contribution in [2.45, 2.75) is 13.3 Å². The van der Waals surface area contributed by atoms with Gasteiger partial charge in [0.15, 0.2) is 5.58 Å². The van der Waals surface area contributed by atoms with Crippen molar-refractivity contribution in [2.75, 3.05) is 0 Å². The molecule has 4 rings (SSSR count). The molecule has 0 atom stereocenters. The fourth-order valence-electron chi connectivity index (χ4n) is 2.00. The molecule has 20 heavy (non-hydrogen) atoms. The second-order valence-corrected chi connectivity index (χ2v) is 5.81. The van der Waals surface area contributed by atoms with Crippen LogP contribution in [-0.4, -0.2) is 19.6 Å². The Morgan fingerprint density at radius 2 is 2.25 bits per heavy atom. The number of hydrogen-bond acceptors (Lipinski definition) is 5. The lowest BCUT2D eigenvalue weighted by Crippen LogP contribution is -1.83. The minimum Gasteiger partial charge on any atom is -0.435 e. The Bertz CT molecular complexity index is 892. The zero-order chi connectivity index (χ0) is 13.7. The molecule has 0 unspecified atom stereocenters. The monoisotopic (exact) mass is 304 g/mol. The first-order valence-corrected chi connectivity index (χ1v) is 7.34. The SMILES string of the molecule is CCc1nn2cc(-c3nc4ccc(Cl)cc4o3)nc2s1. The maximum Gasteiger partial charge on any atom is 0.247 e. The summed E-state index contributed by atoms with van der Waals surface area (Å²) < 4.78 is 7.46. The van der Waals surface area contributed by atoms with Crippen LogP contribution in [0, 0.1) is 0 Å². The summed E-state index contributed by atoms with van der Waals surface area (Å²) in [7, 11) is 0. The average Bonchev–Trinajstić information content (AvgIpc) is 3.08. The van der Waals surface area contributed by atoms with Crippen LogP contribution in [0.4, 0.5) is 0 Å². The lowest BCUT2D eigenvalue weighted by molar-refractivity contribution is 0.617. The minimum atomic E-state index is 0.484. The number of fused-ring (bicyclic) bond motifs is 2. The van der Waals surface area contributed by atoms with Crippen molar-refractivity contribution in [2.24, 2.45) is 0 Å². The topological polar surface area (TPSA) is 56.2 Å². The Balaban J connectivity index is 1.84. The van der Waals surface area contributed by atoms with Gasteiger partial charge >= 0.3 is 0 Å². The van der Waals surface area contributed by atoms with Gasteiger partial charge in [0.05, 0.1) is 6.20 Å². The molecule has 0 N–H and O–H groups in total. The van der Waals surface area contributed by atoms with Gasteiger partial charge in [-0.3, -0.25) is 0 Å². The number of aryl methyl sites for hydroxylation is 1. The molecule has 0 saturated heterocycles. The molecule has 0 aliphatic rings. The second-order valence-electron chi connectivity index (χ2n) is 4.33. The second kappa shape index (κ2) is 4.29. The van der Waals surface area contributed by atoms with E-state index in [9.17, 15) is 0 Å². The molecule has 0 radical (unpaired) electrons. The molecule has 0 bridgehead atoms. The lowest BCUT2D eigenvalue weighted by atomic mass is 10.3. The Kier molecular flexibility index (Phi) is 2.55. The van der Waals surface area contributed by atoms with Gasteiger partial charge < -0.3 is 4.42 Å². The van der Waals surface area contributed by atoms with Crippen molar-refractivity contribution >= 4 is 39.0 Å². The molecule has 100 valence electrons. The van der Waals surface area contributed by atoms with Crippen molar-refractivity contribution in [1.29, 1.82) is 0 Å². The van der Waals surface area contributed by atoms with Gasteiger partial charge in [0.25, 0.3) is 0 Å². The quantitative estimate of drug-likeness (QED) is 0.565. The van der Waals surface area contributed by atoms with Gasteiger partial charge in [-0.05, 0) is 18.6 Å². The predicted molar refractivity (Wildman–Crippen MR) is 78.3 cm³/mol. The maximum absolute atomic E-state index is 5.94. The van der Waals surface area contributed by atoms with Crippen LogP contribution < -0.4 is 0 Å². The summed E-state index contributed by atoms with van der Waals surface area (Å²) >= 11 is 7.51. The summed E-state index contributed by atoms with van der Waals surface area (Å²) in [5.41, 5.74) is 2.10. The first-order chi connectivity index (χ1) is 9.72. The summed E-state index contributed by atoms with van der Waals surface area (Å²) in [6, 6.07) is 5.37. The van der Waals surface area contributed by atoms with Gasteiger partial charge in [-0.15, -0.1) is 0 Å². The van der Waals surface area contributed by atoms with Gasteiger partial charge in [-0.1, -0.05) is 29.9 Å². The molecular formula is C13H9ClN4OS. The highest BCUT2D eigenvalue weighted by Gasteiger charge is 2.14. The third-order valence-corrected chi connectivity index (χ3v) is 4.26. The molecular weight excluding hydrogens is 296 g/mol. The molecule has 0 spiro atoms. The molecule has 1 aromatic carbocycles. The first kappa shape index (κ1) is 11.9. The number of hydrogen-bond donors (Lipinski definition) is 0. The highest BCUT2D eigenvalue weighted by molar-refractivity contribution is 7.16. The van der Waals surface area contributed by atoms with Crippen molar-refractivity contribution in [3.05, 3.63) is 34.4 Å². The molecule has 4 aromatic rings. The Labute approximate surface area is 122 Å². The number of aromatic nitrogens is 4. The van der Waals surface area contributed by atoms with Crippen LogP contribution in [0.3, 0.4) is 0 Å². The molecule has 0 fully saturated rings. The van der Waals surface area contributed by atoms with Gasteiger partial charge in [-0.25, -0.2) is 14.5 Å². The van der Waals surface area contributed by atoms with E-state index in [1.165, 1.54) is 0 Å². The number of nitrogens with zero attached hydrogens (tertiary/aromatic N) is 4. The predicted octanol–water partition coefficient (Wildman–Crippen LogP) is 3.81. The third-order valence-electron chi connectivity index (χ3n) is 2.96. The summed E-state index contributed by atoms with van der Waals surface area (Å²) in [5.74, 6) is 0.484. The molecule has 3 aromatic heterocycles. The Morgan fingerprint density at radius 1 is 1.35 bits per heavy atom. The van der Waals surface area contributed by atoms with Crippen LogP contribution in [0.2, 0.25) is 5.02 Å².